The fraction of sp³-hybridized carbons (Fsp3) is 0.227. The molecule has 0 unspecified atom stereocenters. The summed E-state index contributed by atoms with van der Waals surface area (Å²) < 4.78 is 107. The minimum Gasteiger partial charge on any atom is -0.348 e. The number of rotatable bonds is 6. The summed E-state index contributed by atoms with van der Waals surface area (Å²) in [5.41, 5.74) is -6.57. The number of aromatic nitrogens is 2. The van der Waals surface area contributed by atoms with Crippen LogP contribution < -0.4 is 10.6 Å². The molecule has 198 valence electrons. The molecule has 2 N–H and O–H groups in total. The summed E-state index contributed by atoms with van der Waals surface area (Å²) in [7, 11) is 0.602. The molecule has 0 fully saturated rings. The maximum atomic E-state index is 13.8. The third-order valence-corrected chi connectivity index (χ3v) is 5.29. The van der Waals surface area contributed by atoms with Gasteiger partial charge in [-0.25, -0.2) is 0 Å². The molecule has 1 heterocycles. The zero-order valence-electron chi connectivity index (χ0n) is 18.4. The van der Waals surface area contributed by atoms with Gasteiger partial charge in [0.2, 0.25) is 0 Å². The first-order valence-corrected chi connectivity index (χ1v) is 10.4. The molecule has 0 aliphatic heterocycles. The van der Waals surface area contributed by atoms with Crippen LogP contribution in [0.2, 0.25) is 5.02 Å². The van der Waals surface area contributed by atoms with Gasteiger partial charge in [0, 0.05) is 19.3 Å². The SMILES string of the molecule is Cn1nc(C(F)(F)C(F)(F)F)c(C(F)(F)F)c1C(=O)Nc1ccc(Cl)c(C(=O)NCc2ccccc2)c1. The summed E-state index contributed by atoms with van der Waals surface area (Å²) in [5.74, 6) is -8.42. The molecule has 0 atom stereocenters. The molecule has 0 radical (unpaired) electrons. The van der Waals surface area contributed by atoms with Gasteiger partial charge in [-0.2, -0.15) is 40.2 Å². The number of amides is 2. The van der Waals surface area contributed by atoms with Crippen molar-refractivity contribution in [1.82, 2.24) is 15.1 Å². The number of halogens is 9. The van der Waals surface area contributed by atoms with E-state index in [4.69, 9.17) is 11.6 Å². The van der Waals surface area contributed by atoms with Gasteiger partial charge in [-0.3, -0.25) is 14.3 Å². The summed E-state index contributed by atoms with van der Waals surface area (Å²) in [6.07, 6.45) is -12.2. The van der Waals surface area contributed by atoms with Gasteiger partial charge in [0.05, 0.1) is 10.6 Å². The Morgan fingerprint density at radius 1 is 0.946 bits per heavy atom. The molecular formula is C22H15ClF8N4O2. The van der Waals surface area contributed by atoms with E-state index in [-0.39, 0.29) is 27.5 Å². The topological polar surface area (TPSA) is 76.0 Å². The number of carbonyl (C=O) groups is 2. The number of benzene rings is 2. The van der Waals surface area contributed by atoms with Gasteiger partial charge in [0.1, 0.15) is 11.3 Å². The first-order chi connectivity index (χ1) is 17.0. The molecule has 1 aromatic heterocycles. The molecule has 3 aromatic rings. The standard InChI is InChI=1S/C22H15ClF8N4O2/c1-35-16(15(21(26,27)28)17(34-35)20(24,25)22(29,30)31)19(37)33-12-7-8-14(23)13(9-12)18(36)32-10-11-5-3-2-4-6-11/h2-9H,10H2,1H3,(H,32,36)(H,33,37). The zero-order valence-corrected chi connectivity index (χ0v) is 19.2. The second-order valence-electron chi connectivity index (χ2n) is 7.58. The van der Waals surface area contributed by atoms with E-state index < -0.39 is 47.0 Å². The molecule has 37 heavy (non-hydrogen) atoms. The van der Waals surface area contributed by atoms with Crippen LogP contribution in [0.4, 0.5) is 40.8 Å². The van der Waals surface area contributed by atoms with Crippen LogP contribution in [-0.4, -0.2) is 27.8 Å². The van der Waals surface area contributed by atoms with Crippen molar-refractivity contribution in [3.63, 3.8) is 0 Å². The zero-order chi connectivity index (χ0) is 27.8. The molecule has 0 aliphatic rings. The lowest BCUT2D eigenvalue weighted by atomic mass is 10.1. The molecule has 0 saturated carbocycles. The predicted molar refractivity (Wildman–Crippen MR) is 115 cm³/mol. The highest BCUT2D eigenvalue weighted by Gasteiger charge is 2.64. The molecule has 0 aliphatic carbocycles. The van der Waals surface area contributed by atoms with Crippen molar-refractivity contribution in [2.75, 3.05) is 5.32 Å². The lowest BCUT2D eigenvalue weighted by Crippen LogP contribution is -2.36. The molecule has 0 saturated heterocycles. The lowest BCUT2D eigenvalue weighted by molar-refractivity contribution is -0.292. The van der Waals surface area contributed by atoms with Crippen LogP contribution in [0, 0.1) is 0 Å². The van der Waals surface area contributed by atoms with Crippen molar-refractivity contribution in [3.05, 3.63) is 81.6 Å². The molecule has 15 heteroatoms. The van der Waals surface area contributed by atoms with E-state index in [1.165, 1.54) is 0 Å². The summed E-state index contributed by atoms with van der Waals surface area (Å²) in [6.45, 7) is 0.0900. The quantitative estimate of drug-likeness (QED) is 0.371. The second kappa shape index (κ2) is 10.00. The number of nitrogens with zero attached hydrogens (tertiary/aromatic N) is 2. The molecule has 2 aromatic carbocycles. The Hall–Kier alpha value is -3.68. The summed E-state index contributed by atoms with van der Waals surface area (Å²) in [6, 6.07) is 11.9. The van der Waals surface area contributed by atoms with E-state index in [0.717, 1.165) is 23.8 Å². The Balaban J connectivity index is 1.93. The summed E-state index contributed by atoms with van der Waals surface area (Å²) >= 11 is 6.01. The monoisotopic (exact) mass is 554 g/mol. The maximum absolute atomic E-state index is 13.8. The van der Waals surface area contributed by atoms with Gasteiger partial charge < -0.3 is 10.6 Å². The smallest absolute Gasteiger partial charge is 0.348 e. The lowest BCUT2D eigenvalue weighted by Gasteiger charge is -2.19. The van der Waals surface area contributed by atoms with Crippen LogP contribution in [0.1, 0.15) is 37.7 Å². The van der Waals surface area contributed by atoms with Crippen LogP contribution in [0.3, 0.4) is 0 Å². The van der Waals surface area contributed by atoms with E-state index in [1.807, 2.05) is 5.32 Å². The average molecular weight is 555 g/mol. The number of aryl methyl sites for hydroxylation is 1. The number of hydrogen-bond acceptors (Lipinski definition) is 3. The van der Waals surface area contributed by atoms with Crippen molar-refractivity contribution in [2.45, 2.75) is 24.8 Å². The van der Waals surface area contributed by atoms with Gasteiger partial charge in [0.25, 0.3) is 11.8 Å². The molecule has 6 nitrogen and oxygen atoms in total. The minimum atomic E-state index is -6.41. The number of anilines is 1. The van der Waals surface area contributed by atoms with Crippen LogP contribution in [0.15, 0.2) is 48.5 Å². The normalized spacial score (nSPS) is 12.4. The number of alkyl halides is 8. The predicted octanol–water partition coefficient (Wildman–Crippen LogP) is 5.93. The van der Waals surface area contributed by atoms with Gasteiger partial charge in [-0.05, 0) is 23.8 Å². The van der Waals surface area contributed by atoms with E-state index in [9.17, 15) is 44.7 Å². The van der Waals surface area contributed by atoms with Gasteiger partial charge in [-0.1, -0.05) is 41.9 Å². The summed E-state index contributed by atoms with van der Waals surface area (Å²) in [5, 5.41) is 7.08. The molecule has 2 amide bonds. The van der Waals surface area contributed by atoms with Gasteiger partial charge in [-0.15, -0.1) is 0 Å². The van der Waals surface area contributed by atoms with Crippen molar-refractivity contribution in [3.8, 4) is 0 Å². The van der Waals surface area contributed by atoms with E-state index >= 15 is 0 Å². The largest absolute Gasteiger partial charge is 0.459 e. The van der Waals surface area contributed by atoms with Crippen molar-refractivity contribution in [2.24, 2.45) is 7.05 Å². The Morgan fingerprint density at radius 3 is 2.14 bits per heavy atom. The van der Waals surface area contributed by atoms with Crippen molar-refractivity contribution >= 4 is 29.1 Å². The summed E-state index contributed by atoms with van der Waals surface area (Å²) in [4.78, 5) is 25.2. The van der Waals surface area contributed by atoms with E-state index in [0.29, 0.717) is 7.05 Å². The third-order valence-electron chi connectivity index (χ3n) is 4.96. The first kappa shape index (κ1) is 27.9. The fourth-order valence-electron chi connectivity index (χ4n) is 3.25. The Kier molecular flexibility index (Phi) is 7.54. The molecule has 0 bridgehead atoms. The minimum absolute atomic E-state index is 0.0312. The van der Waals surface area contributed by atoms with Crippen LogP contribution in [0.5, 0.6) is 0 Å². The van der Waals surface area contributed by atoms with E-state index in [2.05, 4.69) is 10.4 Å². The number of carbonyl (C=O) groups excluding carboxylic acids is 2. The fourth-order valence-corrected chi connectivity index (χ4v) is 3.45. The van der Waals surface area contributed by atoms with Crippen molar-refractivity contribution in [1.29, 1.82) is 0 Å². The van der Waals surface area contributed by atoms with E-state index in [1.54, 1.807) is 30.3 Å². The third kappa shape index (κ3) is 5.84. The number of nitrogens with one attached hydrogen (secondary N) is 2. The average Bonchev–Trinajstić information content (AvgIpc) is 3.17. The molecular weight excluding hydrogens is 540 g/mol. The molecule has 3 rings (SSSR count). The highest BCUT2D eigenvalue weighted by atomic mass is 35.5. The van der Waals surface area contributed by atoms with Gasteiger partial charge >= 0.3 is 18.3 Å². The van der Waals surface area contributed by atoms with Crippen LogP contribution in [0.25, 0.3) is 0 Å². The van der Waals surface area contributed by atoms with Gasteiger partial charge in [0.15, 0.2) is 5.69 Å². The number of hydrogen-bond donors (Lipinski definition) is 2. The first-order valence-electron chi connectivity index (χ1n) is 10.1. The highest BCUT2D eigenvalue weighted by Crippen LogP contribution is 2.48. The Bertz CT molecular complexity index is 1320. The Morgan fingerprint density at radius 2 is 1.57 bits per heavy atom. The molecule has 0 spiro atoms. The maximum Gasteiger partial charge on any atom is 0.459 e. The van der Waals surface area contributed by atoms with Crippen LogP contribution in [-0.2, 0) is 25.7 Å². The Labute approximate surface area is 208 Å². The highest BCUT2D eigenvalue weighted by molar-refractivity contribution is 6.34. The van der Waals surface area contributed by atoms with Crippen LogP contribution >= 0.6 is 11.6 Å². The van der Waals surface area contributed by atoms with Crippen molar-refractivity contribution < 1.29 is 44.7 Å². The second-order valence-corrected chi connectivity index (χ2v) is 7.99.